The molecule has 3 aliphatic rings. The fraction of sp³-hybridized carbons (Fsp3) is 0.346. The van der Waals surface area contributed by atoms with Gasteiger partial charge < -0.3 is 4.90 Å². The molecule has 1 aromatic heterocycles. The molecule has 2 aliphatic heterocycles. The molecule has 1 spiro atoms. The van der Waals surface area contributed by atoms with Crippen molar-refractivity contribution in [3.63, 3.8) is 0 Å². The molecular weight excluding hydrogens is 464 g/mol. The van der Waals surface area contributed by atoms with Crippen molar-refractivity contribution in [2.24, 2.45) is 0 Å². The van der Waals surface area contributed by atoms with Gasteiger partial charge in [-0.15, -0.1) is 0 Å². The van der Waals surface area contributed by atoms with Crippen LogP contribution in [0.2, 0.25) is 0 Å². The molecule has 6 rings (SSSR count). The fourth-order valence-corrected chi connectivity index (χ4v) is 8.80. The Balaban J connectivity index is 1.48. The zero-order chi connectivity index (χ0) is 23.3. The fourth-order valence-electron chi connectivity index (χ4n) is 5.53. The second-order valence-electron chi connectivity index (χ2n) is 9.30. The minimum atomic E-state index is -0.331. The smallest absolute Gasteiger partial charge is 0.269 e. The lowest BCUT2D eigenvalue weighted by atomic mass is 9.90. The molecule has 6 nitrogen and oxygen atoms in total. The number of non-ortho nitro benzene ring substituents is 1. The van der Waals surface area contributed by atoms with Gasteiger partial charge in [-0.2, -0.15) is 5.10 Å². The number of fused-ring (bicyclic) bond motifs is 1. The number of nitro groups is 1. The molecule has 8 heteroatoms. The van der Waals surface area contributed by atoms with Gasteiger partial charge in [0.2, 0.25) is 0 Å². The molecule has 0 bridgehead atoms. The molecule has 1 saturated carbocycles. The maximum atomic E-state index is 11.3. The largest absolute Gasteiger partial charge is 0.346 e. The Labute approximate surface area is 207 Å². The van der Waals surface area contributed by atoms with E-state index < -0.39 is 0 Å². The SMILES string of the molecule is Cc1[nH]nc2c1C(c1ccc([N+](=O)[O-])cc1)C1=C(S2)N(Cc2ccccc2)C2(CCCCC2)S1. The average molecular weight is 491 g/mol. The van der Waals surface area contributed by atoms with Crippen LogP contribution in [0, 0.1) is 17.0 Å². The van der Waals surface area contributed by atoms with Gasteiger partial charge in [0.1, 0.15) is 5.03 Å². The summed E-state index contributed by atoms with van der Waals surface area (Å²) in [6, 6.07) is 17.8. The zero-order valence-electron chi connectivity index (χ0n) is 19.0. The van der Waals surface area contributed by atoms with E-state index >= 15 is 0 Å². The van der Waals surface area contributed by atoms with Gasteiger partial charge in [0.25, 0.3) is 5.69 Å². The Bertz CT molecular complexity index is 1260. The van der Waals surface area contributed by atoms with E-state index in [1.807, 2.05) is 23.9 Å². The number of aryl methyl sites for hydroxylation is 1. The predicted octanol–water partition coefficient (Wildman–Crippen LogP) is 6.94. The van der Waals surface area contributed by atoms with Crippen molar-refractivity contribution in [1.29, 1.82) is 0 Å². The van der Waals surface area contributed by atoms with Gasteiger partial charge in [-0.05, 0) is 42.7 Å². The third-order valence-electron chi connectivity index (χ3n) is 7.21. The van der Waals surface area contributed by atoms with Crippen LogP contribution in [0.4, 0.5) is 5.69 Å². The van der Waals surface area contributed by atoms with Crippen LogP contribution in [0.25, 0.3) is 0 Å². The van der Waals surface area contributed by atoms with E-state index in [4.69, 9.17) is 0 Å². The van der Waals surface area contributed by atoms with Gasteiger partial charge in [0.15, 0.2) is 0 Å². The molecule has 1 fully saturated rings. The lowest BCUT2D eigenvalue weighted by Crippen LogP contribution is -2.42. The second kappa shape index (κ2) is 8.50. The summed E-state index contributed by atoms with van der Waals surface area (Å²) >= 11 is 3.83. The van der Waals surface area contributed by atoms with Gasteiger partial charge in [-0.3, -0.25) is 15.2 Å². The topological polar surface area (TPSA) is 75.1 Å². The second-order valence-corrected chi connectivity index (χ2v) is 11.7. The van der Waals surface area contributed by atoms with Crippen molar-refractivity contribution < 1.29 is 4.92 Å². The first-order chi connectivity index (χ1) is 16.6. The first-order valence-electron chi connectivity index (χ1n) is 11.8. The number of hydrogen-bond acceptors (Lipinski definition) is 6. The minimum absolute atomic E-state index is 0.0374. The highest BCUT2D eigenvalue weighted by atomic mass is 32.2. The van der Waals surface area contributed by atoms with Gasteiger partial charge in [0.05, 0.1) is 14.8 Å². The van der Waals surface area contributed by atoms with E-state index in [0.717, 1.165) is 22.8 Å². The summed E-state index contributed by atoms with van der Waals surface area (Å²) in [5, 5.41) is 21.5. The Hall–Kier alpha value is -2.71. The third kappa shape index (κ3) is 3.55. The maximum absolute atomic E-state index is 11.3. The van der Waals surface area contributed by atoms with Crippen molar-refractivity contribution in [3.8, 4) is 0 Å². The summed E-state index contributed by atoms with van der Waals surface area (Å²) < 4.78 is 0. The number of allylic oxidation sites excluding steroid dienone is 1. The van der Waals surface area contributed by atoms with E-state index in [2.05, 4.69) is 52.4 Å². The number of nitrogens with zero attached hydrogens (tertiary/aromatic N) is 3. The Kier molecular flexibility index (Phi) is 5.45. The lowest BCUT2D eigenvalue weighted by Gasteiger charge is -2.43. The van der Waals surface area contributed by atoms with E-state index in [1.54, 1.807) is 23.9 Å². The highest BCUT2D eigenvalue weighted by Gasteiger charge is 2.51. The van der Waals surface area contributed by atoms with Crippen molar-refractivity contribution in [2.75, 3.05) is 0 Å². The van der Waals surface area contributed by atoms with Crippen LogP contribution in [-0.2, 0) is 6.54 Å². The normalized spacial score (nSPS) is 21.0. The minimum Gasteiger partial charge on any atom is -0.346 e. The number of H-pyrrole nitrogens is 1. The van der Waals surface area contributed by atoms with Crippen molar-refractivity contribution in [2.45, 2.75) is 61.4 Å². The lowest BCUT2D eigenvalue weighted by molar-refractivity contribution is -0.384. The number of benzene rings is 2. The first kappa shape index (κ1) is 21.8. The van der Waals surface area contributed by atoms with Crippen molar-refractivity contribution in [1.82, 2.24) is 15.1 Å². The van der Waals surface area contributed by atoms with Gasteiger partial charge in [-0.1, -0.05) is 73.5 Å². The molecular formula is C26H26N4O2S2. The van der Waals surface area contributed by atoms with Crippen molar-refractivity contribution in [3.05, 3.63) is 97.0 Å². The van der Waals surface area contributed by atoms with Gasteiger partial charge in [0, 0.05) is 40.8 Å². The number of rotatable bonds is 4. The van der Waals surface area contributed by atoms with Crippen LogP contribution in [0.15, 0.2) is 69.6 Å². The molecule has 1 unspecified atom stereocenters. The maximum Gasteiger partial charge on any atom is 0.269 e. The predicted molar refractivity (Wildman–Crippen MR) is 137 cm³/mol. The van der Waals surface area contributed by atoms with Gasteiger partial charge in [-0.25, -0.2) is 0 Å². The molecule has 0 saturated heterocycles. The number of thioether (sulfide) groups is 2. The Morgan fingerprint density at radius 2 is 1.85 bits per heavy atom. The highest BCUT2D eigenvalue weighted by molar-refractivity contribution is 8.08. The summed E-state index contributed by atoms with van der Waals surface area (Å²) in [5.74, 6) is 0.0374. The highest BCUT2D eigenvalue weighted by Crippen LogP contribution is 2.64. The Morgan fingerprint density at radius 3 is 2.56 bits per heavy atom. The molecule has 3 aromatic rings. The summed E-state index contributed by atoms with van der Waals surface area (Å²) in [6.45, 7) is 2.96. The monoisotopic (exact) mass is 490 g/mol. The average Bonchev–Trinajstić information content (AvgIpc) is 3.36. The van der Waals surface area contributed by atoms with Crippen LogP contribution < -0.4 is 0 Å². The number of aromatic nitrogens is 2. The number of nitrogens with one attached hydrogen (secondary N) is 1. The molecule has 3 heterocycles. The summed E-state index contributed by atoms with van der Waals surface area (Å²) in [6.07, 6.45) is 6.14. The number of nitro benzene ring substituents is 1. The Morgan fingerprint density at radius 1 is 1.12 bits per heavy atom. The van der Waals surface area contributed by atoms with Crippen LogP contribution in [0.1, 0.15) is 60.4 Å². The molecule has 0 radical (unpaired) electrons. The summed E-state index contributed by atoms with van der Waals surface area (Å²) in [7, 11) is 0. The first-order valence-corrected chi connectivity index (χ1v) is 13.4. The summed E-state index contributed by atoms with van der Waals surface area (Å²) in [5.41, 5.74) is 4.80. The van der Waals surface area contributed by atoms with E-state index in [9.17, 15) is 10.1 Å². The van der Waals surface area contributed by atoms with Crippen LogP contribution in [0.5, 0.6) is 0 Å². The number of hydrogen-bond donors (Lipinski definition) is 1. The zero-order valence-corrected chi connectivity index (χ0v) is 20.6. The van der Waals surface area contributed by atoms with E-state index in [1.165, 1.54) is 53.2 Å². The molecule has 174 valence electrons. The number of aromatic amines is 1. The molecule has 0 amide bonds. The quantitative estimate of drug-likeness (QED) is 0.315. The van der Waals surface area contributed by atoms with Crippen molar-refractivity contribution >= 4 is 29.2 Å². The standard InChI is InChI=1S/C26H26N4O2S2/c1-17-21-22(19-10-12-20(13-11-19)30(31)32)23-25(33-24(21)28-27-17)29(16-18-8-4-2-5-9-18)26(34-23)14-6-3-7-15-26/h2,4-5,8-13,22H,3,6-7,14-16H2,1H3,(H,27,28). The molecule has 1 atom stereocenters. The van der Waals surface area contributed by atoms with Crippen LogP contribution in [0.3, 0.4) is 0 Å². The van der Waals surface area contributed by atoms with Crippen LogP contribution in [-0.4, -0.2) is 24.9 Å². The molecule has 1 N–H and O–H groups in total. The van der Waals surface area contributed by atoms with Crippen LogP contribution >= 0.6 is 23.5 Å². The molecule has 2 aromatic carbocycles. The van der Waals surface area contributed by atoms with Gasteiger partial charge >= 0.3 is 0 Å². The van der Waals surface area contributed by atoms with E-state index in [-0.39, 0.29) is 21.4 Å². The molecule has 1 aliphatic carbocycles. The molecule has 34 heavy (non-hydrogen) atoms. The summed E-state index contributed by atoms with van der Waals surface area (Å²) in [4.78, 5) is 15.0. The van der Waals surface area contributed by atoms with E-state index in [0.29, 0.717) is 0 Å². The third-order valence-corrected chi connectivity index (χ3v) is 10.1.